The molecule has 1 unspecified atom stereocenters. The summed E-state index contributed by atoms with van der Waals surface area (Å²) in [4.78, 5) is 4.03. The zero-order valence-corrected chi connectivity index (χ0v) is 10.6. The van der Waals surface area contributed by atoms with Crippen molar-refractivity contribution >= 4 is 15.9 Å². The number of hydrogen-bond acceptors (Lipinski definition) is 4. The lowest BCUT2D eigenvalue weighted by Gasteiger charge is -2.23. The molecule has 1 fully saturated rings. The van der Waals surface area contributed by atoms with Gasteiger partial charge < -0.3 is 14.8 Å². The molecule has 16 heavy (non-hydrogen) atoms. The SMILES string of the molecule is Brc1cncc(OCCC2CNCCO2)c1. The van der Waals surface area contributed by atoms with E-state index in [1.54, 1.807) is 12.4 Å². The van der Waals surface area contributed by atoms with Crippen molar-refractivity contribution in [3.8, 4) is 5.75 Å². The first kappa shape index (κ1) is 11.8. The monoisotopic (exact) mass is 286 g/mol. The standard InChI is InChI=1S/C11H15BrN2O2/c12-9-5-11(8-14-6-9)15-3-1-10-7-13-2-4-16-10/h5-6,8,10,13H,1-4,7H2. The van der Waals surface area contributed by atoms with E-state index < -0.39 is 0 Å². The molecule has 2 heterocycles. The zero-order chi connectivity index (χ0) is 11.2. The Kier molecular flexibility index (Phi) is 4.56. The number of pyridine rings is 1. The highest BCUT2D eigenvalue weighted by Gasteiger charge is 2.12. The van der Waals surface area contributed by atoms with Gasteiger partial charge in [0.15, 0.2) is 0 Å². The van der Waals surface area contributed by atoms with Crippen LogP contribution < -0.4 is 10.1 Å². The molecular formula is C11H15BrN2O2. The first-order chi connectivity index (χ1) is 7.84. The molecule has 4 nitrogen and oxygen atoms in total. The van der Waals surface area contributed by atoms with Gasteiger partial charge in [-0.2, -0.15) is 0 Å². The Balaban J connectivity index is 1.71. The van der Waals surface area contributed by atoms with E-state index in [0.717, 1.165) is 36.3 Å². The maximum Gasteiger partial charge on any atom is 0.138 e. The molecule has 0 saturated carbocycles. The second-order valence-electron chi connectivity index (χ2n) is 3.67. The lowest BCUT2D eigenvalue weighted by atomic mass is 10.2. The summed E-state index contributed by atoms with van der Waals surface area (Å²) in [5.74, 6) is 0.790. The largest absolute Gasteiger partial charge is 0.492 e. The first-order valence-electron chi connectivity index (χ1n) is 5.40. The number of rotatable bonds is 4. The van der Waals surface area contributed by atoms with Crippen molar-refractivity contribution in [1.29, 1.82) is 0 Å². The second-order valence-corrected chi connectivity index (χ2v) is 4.59. The summed E-state index contributed by atoms with van der Waals surface area (Å²) < 4.78 is 12.1. The van der Waals surface area contributed by atoms with Gasteiger partial charge in [0, 0.05) is 30.2 Å². The Bertz CT molecular complexity index is 330. The number of ether oxygens (including phenoxy) is 2. The van der Waals surface area contributed by atoms with E-state index in [1.165, 1.54) is 0 Å². The molecule has 0 aromatic carbocycles. The molecule has 1 saturated heterocycles. The molecule has 0 spiro atoms. The van der Waals surface area contributed by atoms with Crippen LogP contribution in [0, 0.1) is 0 Å². The Morgan fingerprint density at radius 1 is 1.56 bits per heavy atom. The van der Waals surface area contributed by atoms with Crippen LogP contribution in [0.25, 0.3) is 0 Å². The molecule has 1 aromatic rings. The van der Waals surface area contributed by atoms with Gasteiger partial charge in [-0.15, -0.1) is 0 Å². The first-order valence-corrected chi connectivity index (χ1v) is 6.19. The van der Waals surface area contributed by atoms with Crippen molar-refractivity contribution in [2.45, 2.75) is 12.5 Å². The van der Waals surface area contributed by atoms with Crippen LogP contribution in [-0.4, -0.2) is 37.4 Å². The highest BCUT2D eigenvalue weighted by atomic mass is 79.9. The summed E-state index contributed by atoms with van der Waals surface area (Å²) >= 11 is 3.35. The number of nitrogens with one attached hydrogen (secondary N) is 1. The van der Waals surface area contributed by atoms with E-state index in [9.17, 15) is 0 Å². The summed E-state index contributed by atoms with van der Waals surface area (Å²) in [6.07, 6.45) is 4.62. The van der Waals surface area contributed by atoms with E-state index in [0.29, 0.717) is 6.61 Å². The van der Waals surface area contributed by atoms with Gasteiger partial charge in [0.25, 0.3) is 0 Å². The van der Waals surface area contributed by atoms with Crippen molar-refractivity contribution in [1.82, 2.24) is 10.3 Å². The molecule has 1 aliphatic heterocycles. The van der Waals surface area contributed by atoms with Crippen molar-refractivity contribution in [3.05, 3.63) is 22.9 Å². The predicted molar refractivity (Wildman–Crippen MR) is 64.7 cm³/mol. The average Bonchev–Trinajstić information content (AvgIpc) is 2.30. The van der Waals surface area contributed by atoms with Gasteiger partial charge in [-0.3, -0.25) is 4.98 Å². The van der Waals surface area contributed by atoms with Gasteiger partial charge in [-0.25, -0.2) is 0 Å². The van der Waals surface area contributed by atoms with E-state index in [2.05, 4.69) is 26.2 Å². The van der Waals surface area contributed by atoms with Gasteiger partial charge in [0.1, 0.15) is 5.75 Å². The van der Waals surface area contributed by atoms with Gasteiger partial charge in [-0.1, -0.05) is 0 Å². The Hall–Kier alpha value is -0.650. The molecule has 0 radical (unpaired) electrons. The third-order valence-electron chi connectivity index (χ3n) is 2.39. The summed E-state index contributed by atoms with van der Waals surface area (Å²) in [6, 6.07) is 1.91. The second kappa shape index (κ2) is 6.18. The van der Waals surface area contributed by atoms with Crippen LogP contribution in [0.1, 0.15) is 6.42 Å². The maximum atomic E-state index is 5.59. The maximum absolute atomic E-state index is 5.59. The smallest absolute Gasteiger partial charge is 0.138 e. The lowest BCUT2D eigenvalue weighted by molar-refractivity contribution is 0.0159. The number of halogens is 1. The molecule has 1 N–H and O–H groups in total. The van der Waals surface area contributed by atoms with Crippen LogP contribution in [-0.2, 0) is 4.74 Å². The van der Waals surface area contributed by atoms with Crippen molar-refractivity contribution in [2.24, 2.45) is 0 Å². The Morgan fingerprint density at radius 2 is 2.50 bits per heavy atom. The molecule has 1 aromatic heterocycles. The number of morpholine rings is 1. The average molecular weight is 287 g/mol. The molecular weight excluding hydrogens is 272 g/mol. The van der Waals surface area contributed by atoms with E-state index >= 15 is 0 Å². The number of hydrogen-bond donors (Lipinski definition) is 1. The lowest BCUT2D eigenvalue weighted by Crippen LogP contribution is -2.39. The molecule has 88 valence electrons. The molecule has 0 bridgehead atoms. The topological polar surface area (TPSA) is 43.4 Å². The van der Waals surface area contributed by atoms with E-state index in [4.69, 9.17) is 9.47 Å². The molecule has 0 amide bonds. The van der Waals surface area contributed by atoms with Crippen molar-refractivity contribution < 1.29 is 9.47 Å². The minimum Gasteiger partial charge on any atom is -0.492 e. The molecule has 0 aliphatic carbocycles. The van der Waals surface area contributed by atoms with Crippen molar-refractivity contribution in [2.75, 3.05) is 26.3 Å². The minimum absolute atomic E-state index is 0.272. The van der Waals surface area contributed by atoms with E-state index in [-0.39, 0.29) is 6.10 Å². The molecule has 1 atom stereocenters. The molecule has 2 rings (SSSR count). The fourth-order valence-electron chi connectivity index (χ4n) is 1.58. The van der Waals surface area contributed by atoms with Crippen molar-refractivity contribution in [3.63, 3.8) is 0 Å². The summed E-state index contributed by atoms with van der Waals surface area (Å²) in [7, 11) is 0. The van der Waals surface area contributed by atoms with Gasteiger partial charge in [0.2, 0.25) is 0 Å². The molecule has 1 aliphatic rings. The highest BCUT2D eigenvalue weighted by molar-refractivity contribution is 9.10. The summed E-state index contributed by atoms with van der Waals surface area (Å²) in [6.45, 7) is 3.32. The highest BCUT2D eigenvalue weighted by Crippen LogP contribution is 2.16. The van der Waals surface area contributed by atoms with Gasteiger partial charge in [0.05, 0.1) is 25.5 Å². The minimum atomic E-state index is 0.272. The van der Waals surface area contributed by atoms with Gasteiger partial charge in [-0.05, 0) is 22.0 Å². The van der Waals surface area contributed by atoms with Crippen LogP contribution >= 0.6 is 15.9 Å². The summed E-state index contributed by atoms with van der Waals surface area (Å²) in [5, 5.41) is 3.29. The van der Waals surface area contributed by atoms with Gasteiger partial charge >= 0.3 is 0 Å². The normalized spacial score (nSPS) is 20.7. The zero-order valence-electron chi connectivity index (χ0n) is 8.99. The Labute approximate surface area is 103 Å². The third kappa shape index (κ3) is 3.73. The fourth-order valence-corrected chi connectivity index (χ4v) is 1.93. The van der Waals surface area contributed by atoms with Crippen LogP contribution in [0.2, 0.25) is 0 Å². The quantitative estimate of drug-likeness (QED) is 0.913. The third-order valence-corrected chi connectivity index (χ3v) is 2.83. The van der Waals surface area contributed by atoms with Crippen LogP contribution in [0.3, 0.4) is 0 Å². The Morgan fingerprint density at radius 3 is 3.25 bits per heavy atom. The number of aromatic nitrogens is 1. The molecule has 5 heteroatoms. The van der Waals surface area contributed by atoms with Crippen LogP contribution in [0.15, 0.2) is 22.9 Å². The van der Waals surface area contributed by atoms with Crippen LogP contribution in [0.5, 0.6) is 5.75 Å². The fraction of sp³-hybridized carbons (Fsp3) is 0.545. The summed E-state index contributed by atoms with van der Waals surface area (Å²) in [5.41, 5.74) is 0. The van der Waals surface area contributed by atoms with Crippen LogP contribution in [0.4, 0.5) is 0 Å². The predicted octanol–water partition coefficient (Wildman–Crippen LogP) is 1.60. The number of nitrogens with zero attached hydrogens (tertiary/aromatic N) is 1. The van der Waals surface area contributed by atoms with E-state index in [1.807, 2.05) is 6.07 Å².